The fraction of sp³-hybridized carbons (Fsp3) is 0.235. The maximum absolute atomic E-state index is 12.5. The normalized spacial score (nSPS) is 11.8. The largest absolute Gasteiger partial charge is 0.497 e. The number of methoxy groups -OCH3 is 2. The lowest BCUT2D eigenvalue weighted by Crippen LogP contribution is -2.33. The van der Waals surface area contributed by atoms with Crippen molar-refractivity contribution in [1.29, 1.82) is 0 Å². The topological polar surface area (TPSA) is 93.7 Å². The third-order valence-corrected chi connectivity index (χ3v) is 4.92. The molecule has 0 aliphatic carbocycles. The van der Waals surface area contributed by atoms with Gasteiger partial charge in [0.25, 0.3) is 5.91 Å². The summed E-state index contributed by atoms with van der Waals surface area (Å²) in [6.07, 6.45) is -4.70. The summed E-state index contributed by atoms with van der Waals surface area (Å²) in [7, 11) is -1.60. The van der Waals surface area contributed by atoms with Crippen LogP contribution in [0.5, 0.6) is 11.5 Å². The van der Waals surface area contributed by atoms with Gasteiger partial charge in [0.05, 0.1) is 24.8 Å². The van der Waals surface area contributed by atoms with Crippen molar-refractivity contribution in [1.82, 2.24) is 4.72 Å². The molecule has 0 atom stereocenters. The average molecular weight is 418 g/mol. The molecule has 2 N–H and O–H groups in total. The highest BCUT2D eigenvalue weighted by molar-refractivity contribution is 7.89. The minimum absolute atomic E-state index is 0.0697. The summed E-state index contributed by atoms with van der Waals surface area (Å²) in [6, 6.07) is 9.32. The van der Waals surface area contributed by atoms with Gasteiger partial charge in [-0.3, -0.25) is 4.79 Å². The van der Waals surface area contributed by atoms with Crippen molar-refractivity contribution in [2.75, 3.05) is 26.1 Å². The number of rotatable bonds is 7. The molecule has 11 heteroatoms. The van der Waals surface area contributed by atoms with E-state index in [0.29, 0.717) is 11.5 Å². The van der Waals surface area contributed by atoms with Crippen LogP contribution in [0.4, 0.5) is 18.9 Å². The molecule has 0 unspecified atom stereocenters. The van der Waals surface area contributed by atoms with Crippen molar-refractivity contribution in [3.05, 3.63) is 48.0 Å². The molecule has 1 amide bonds. The number of hydrogen-bond donors (Lipinski definition) is 2. The molecular formula is C17H17F3N2O5S. The molecule has 0 spiro atoms. The molecule has 0 aliphatic rings. The SMILES string of the molecule is COc1ccc(OC)c(NC(=O)c2cccc(S(=O)(=O)NCC(F)(F)F)c2)c1. The predicted octanol–water partition coefficient (Wildman–Crippen LogP) is 2.80. The Kier molecular flexibility index (Phi) is 6.52. The number of alkyl halides is 3. The van der Waals surface area contributed by atoms with Crippen LogP contribution < -0.4 is 19.5 Å². The van der Waals surface area contributed by atoms with E-state index in [4.69, 9.17) is 9.47 Å². The van der Waals surface area contributed by atoms with Crippen molar-refractivity contribution in [3.63, 3.8) is 0 Å². The Balaban J connectivity index is 2.25. The Morgan fingerprint density at radius 2 is 1.79 bits per heavy atom. The summed E-state index contributed by atoms with van der Waals surface area (Å²) in [4.78, 5) is 12.0. The monoisotopic (exact) mass is 418 g/mol. The Labute approximate surface area is 159 Å². The first-order valence-electron chi connectivity index (χ1n) is 7.75. The van der Waals surface area contributed by atoms with Gasteiger partial charge in [0.1, 0.15) is 18.0 Å². The molecule has 0 radical (unpaired) electrons. The molecule has 0 heterocycles. The van der Waals surface area contributed by atoms with Crippen LogP contribution in [-0.4, -0.2) is 41.3 Å². The van der Waals surface area contributed by atoms with E-state index in [0.717, 1.165) is 12.1 Å². The van der Waals surface area contributed by atoms with E-state index in [1.807, 2.05) is 0 Å². The van der Waals surface area contributed by atoms with Gasteiger partial charge in [-0.15, -0.1) is 0 Å². The third kappa shape index (κ3) is 5.60. The summed E-state index contributed by atoms with van der Waals surface area (Å²) >= 11 is 0. The molecule has 152 valence electrons. The van der Waals surface area contributed by atoms with Crippen LogP contribution in [0.15, 0.2) is 47.4 Å². The highest BCUT2D eigenvalue weighted by atomic mass is 32.2. The minimum atomic E-state index is -4.70. The Morgan fingerprint density at radius 3 is 2.39 bits per heavy atom. The van der Waals surface area contributed by atoms with E-state index in [1.54, 1.807) is 12.1 Å². The number of sulfonamides is 1. The molecule has 2 aromatic rings. The average Bonchev–Trinajstić information content (AvgIpc) is 2.66. The lowest BCUT2D eigenvalue weighted by Gasteiger charge is -2.13. The van der Waals surface area contributed by atoms with E-state index < -0.39 is 33.5 Å². The van der Waals surface area contributed by atoms with E-state index in [1.165, 1.54) is 37.1 Å². The molecule has 0 saturated heterocycles. The van der Waals surface area contributed by atoms with Crippen molar-refractivity contribution >= 4 is 21.6 Å². The van der Waals surface area contributed by atoms with Gasteiger partial charge in [-0.2, -0.15) is 13.2 Å². The smallest absolute Gasteiger partial charge is 0.402 e. The Morgan fingerprint density at radius 1 is 1.07 bits per heavy atom. The molecule has 28 heavy (non-hydrogen) atoms. The number of carbonyl (C=O) groups is 1. The zero-order valence-electron chi connectivity index (χ0n) is 14.8. The van der Waals surface area contributed by atoms with Crippen LogP contribution in [0.25, 0.3) is 0 Å². The highest BCUT2D eigenvalue weighted by Gasteiger charge is 2.30. The predicted molar refractivity (Wildman–Crippen MR) is 95.2 cm³/mol. The van der Waals surface area contributed by atoms with E-state index in [2.05, 4.69) is 5.32 Å². The molecule has 0 aromatic heterocycles. The molecule has 0 bridgehead atoms. The summed E-state index contributed by atoms with van der Waals surface area (Å²) in [5.41, 5.74) is 0.204. The van der Waals surface area contributed by atoms with Crippen LogP contribution in [0, 0.1) is 0 Å². The number of carbonyl (C=O) groups excluding carboxylic acids is 1. The van der Waals surface area contributed by atoms with Crippen molar-refractivity contribution < 1.29 is 35.9 Å². The molecule has 7 nitrogen and oxygen atoms in total. The van der Waals surface area contributed by atoms with Gasteiger partial charge >= 0.3 is 6.18 Å². The number of halogens is 3. The minimum Gasteiger partial charge on any atom is -0.497 e. The second kappa shape index (κ2) is 8.48. The molecule has 0 fully saturated rings. The molecule has 2 rings (SSSR count). The lowest BCUT2D eigenvalue weighted by atomic mass is 10.2. The van der Waals surface area contributed by atoms with Gasteiger partial charge in [-0.1, -0.05) is 6.07 Å². The zero-order chi connectivity index (χ0) is 20.9. The fourth-order valence-electron chi connectivity index (χ4n) is 2.17. The van der Waals surface area contributed by atoms with E-state index in [-0.39, 0.29) is 11.3 Å². The number of amides is 1. The van der Waals surface area contributed by atoms with E-state index in [9.17, 15) is 26.4 Å². The molecule has 0 saturated carbocycles. The zero-order valence-corrected chi connectivity index (χ0v) is 15.6. The maximum Gasteiger partial charge on any atom is 0.402 e. The number of benzene rings is 2. The summed E-state index contributed by atoms with van der Waals surface area (Å²) < 4.78 is 72.5. The molecule has 2 aromatic carbocycles. The van der Waals surface area contributed by atoms with Crippen molar-refractivity contribution in [2.24, 2.45) is 0 Å². The first-order chi connectivity index (χ1) is 13.1. The lowest BCUT2D eigenvalue weighted by molar-refractivity contribution is -0.121. The first-order valence-corrected chi connectivity index (χ1v) is 9.24. The number of nitrogens with one attached hydrogen (secondary N) is 2. The first kappa shape index (κ1) is 21.5. The van der Waals surface area contributed by atoms with E-state index >= 15 is 0 Å². The van der Waals surface area contributed by atoms with Crippen molar-refractivity contribution in [2.45, 2.75) is 11.1 Å². The third-order valence-electron chi connectivity index (χ3n) is 3.52. The van der Waals surface area contributed by atoms with Gasteiger partial charge in [0.2, 0.25) is 10.0 Å². The second-order valence-corrected chi connectivity index (χ2v) is 7.25. The van der Waals surface area contributed by atoms with Gasteiger partial charge in [-0.05, 0) is 30.3 Å². The van der Waals surface area contributed by atoms with Gasteiger partial charge in [-0.25, -0.2) is 13.1 Å². The van der Waals surface area contributed by atoms with Crippen LogP contribution in [0.1, 0.15) is 10.4 Å². The van der Waals surface area contributed by atoms with Gasteiger partial charge < -0.3 is 14.8 Å². The van der Waals surface area contributed by atoms with Gasteiger partial charge in [0.15, 0.2) is 0 Å². The summed E-state index contributed by atoms with van der Waals surface area (Å²) in [5, 5.41) is 2.55. The summed E-state index contributed by atoms with van der Waals surface area (Å²) in [6.45, 7) is -1.72. The highest BCUT2D eigenvalue weighted by Crippen LogP contribution is 2.29. The standard InChI is InChI=1S/C17H17F3N2O5S/c1-26-12-6-7-15(27-2)14(9-12)22-16(23)11-4-3-5-13(8-11)28(24,25)21-10-17(18,19)20/h3-9,21H,10H2,1-2H3,(H,22,23). The van der Waals surface area contributed by atoms with Gasteiger partial charge in [0, 0.05) is 11.6 Å². The van der Waals surface area contributed by atoms with Crippen LogP contribution >= 0.6 is 0 Å². The second-order valence-electron chi connectivity index (χ2n) is 5.49. The Bertz CT molecular complexity index is 962. The molecule has 0 aliphatic heterocycles. The number of hydrogen-bond acceptors (Lipinski definition) is 5. The maximum atomic E-state index is 12.5. The van der Waals surface area contributed by atoms with Crippen LogP contribution in [0.2, 0.25) is 0 Å². The number of ether oxygens (including phenoxy) is 2. The van der Waals surface area contributed by atoms with Crippen LogP contribution in [0.3, 0.4) is 0 Å². The number of anilines is 1. The quantitative estimate of drug-likeness (QED) is 0.721. The molecular weight excluding hydrogens is 401 g/mol. The van der Waals surface area contributed by atoms with Crippen molar-refractivity contribution in [3.8, 4) is 11.5 Å². The Hall–Kier alpha value is -2.79. The fourth-order valence-corrected chi connectivity index (χ4v) is 3.23. The van der Waals surface area contributed by atoms with Crippen LogP contribution in [-0.2, 0) is 10.0 Å². The summed E-state index contributed by atoms with van der Waals surface area (Å²) in [5.74, 6) is 0.105.